The third kappa shape index (κ3) is 3.36. The molecule has 0 aliphatic rings. The van der Waals surface area contributed by atoms with Crippen LogP contribution in [0.25, 0.3) is 0 Å². The summed E-state index contributed by atoms with van der Waals surface area (Å²) in [6.07, 6.45) is 1.70. The van der Waals surface area contributed by atoms with Crippen molar-refractivity contribution in [3.8, 4) is 0 Å². The topological polar surface area (TPSA) is 24.4 Å². The van der Waals surface area contributed by atoms with Crippen molar-refractivity contribution in [1.82, 2.24) is 0 Å². The second-order valence-corrected chi connectivity index (χ2v) is 5.36. The highest BCUT2D eigenvalue weighted by molar-refractivity contribution is 7.11. The number of hydrazone groups is 1. The van der Waals surface area contributed by atoms with E-state index in [9.17, 15) is 0 Å². The van der Waals surface area contributed by atoms with Gasteiger partial charge >= 0.3 is 0 Å². The maximum atomic E-state index is 5.99. The van der Waals surface area contributed by atoms with Crippen LogP contribution in [0, 0.1) is 0 Å². The summed E-state index contributed by atoms with van der Waals surface area (Å²) < 4.78 is 0. The quantitative estimate of drug-likeness (QED) is 0.615. The first-order chi connectivity index (χ1) is 8.16. The lowest BCUT2D eigenvalue weighted by atomic mass is 10.3. The second kappa shape index (κ2) is 5.74. The van der Waals surface area contributed by atoms with Gasteiger partial charge in [0.25, 0.3) is 0 Å². The molecule has 0 bridgehead atoms. The van der Waals surface area contributed by atoms with Crippen LogP contribution in [0.5, 0.6) is 0 Å². The van der Waals surface area contributed by atoms with Crippen molar-refractivity contribution in [1.29, 1.82) is 0 Å². The Labute approximate surface area is 118 Å². The Balaban J connectivity index is 2.14. The van der Waals surface area contributed by atoms with Gasteiger partial charge in [-0.15, -0.1) is 11.3 Å². The highest BCUT2D eigenvalue weighted by Crippen LogP contribution is 2.33. The fraction of sp³-hybridized carbons (Fsp3) is 0. The van der Waals surface area contributed by atoms with E-state index >= 15 is 0 Å². The van der Waals surface area contributed by atoms with Crippen LogP contribution < -0.4 is 5.43 Å². The molecule has 0 radical (unpaired) electrons. The predicted molar refractivity (Wildman–Crippen MR) is 77.0 cm³/mol. The summed E-state index contributed by atoms with van der Waals surface area (Å²) in [5.41, 5.74) is 3.35. The molecule has 0 amide bonds. The average Bonchev–Trinajstić information content (AvgIpc) is 2.74. The molecule has 2 rings (SSSR count). The fourth-order valence-electron chi connectivity index (χ4n) is 1.17. The van der Waals surface area contributed by atoms with Gasteiger partial charge in [-0.25, -0.2) is 0 Å². The molecule has 0 atom stereocenters. The summed E-state index contributed by atoms with van der Waals surface area (Å²) in [7, 11) is 0. The minimum atomic E-state index is 0.436. The molecule has 0 aliphatic carbocycles. The molecule has 0 aliphatic heterocycles. The van der Waals surface area contributed by atoms with Crippen molar-refractivity contribution < 1.29 is 0 Å². The van der Waals surface area contributed by atoms with Crippen LogP contribution in [0.2, 0.25) is 15.1 Å². The predicted octanol–water partition coefficient (Wildman–Crippen LogP) is 5.15. The lowest BCUT2D eigenvalue weighted by Crippen LogP contribution is -1.91. The number of anilines is 1. The second-order valence-electron chi connectivity index (χ2n) is 3.13. The van der Waals surface area contributed by atoms with Gasteiger partial charge in [0.2, 0.25) is 0 Å². The van der Waals surface area contributed by atoms with Crippen molar-refractivity contribution in [2.24, 2.45) is 5.10 Å². The molecule has 0 saturated carbocycles. The van der Waals surface area contributed by atoms with Crippen molar-refractivity contribution >= 4 is 58.0 Å². The molecule has 0 unspecified atom stereocenters. The first kappa shape index (κ1) is 12.7. The summed E-state index contributed by atoms with van der Waals surface area (Å²) >= 11 is 19.4. The molecule has 2 aromatic rings. The molecular weight excluding hydrogens is 299 g/mol. The Morgan fingerprint density at radius 3 is 2.47 bits per heavy atom. The highest BCUT2D eigenvalue weighted by atomic mass is 35.5. The van der Waals surface area contributed by atoms with Gasteiger partial charge in [0, 0.05) is 9.90 Å². The minimum absolute atomic E-state index is 0.436. The van der Waals surface area contributed by atoms with Gasteiger partial charge < -0.3 is 0 Å². The number of nitrogens with zero attached hydrogens (tertiary/aromatic N) is 1. The van der Waals surface area contributed by atoms with Crippen LogP contribution in [-0.2, 0) is 0 Å². The zero-order valence-corrected chi connectivity index (χ0v) is 11.5. The Hall–Kier alpha value is -0.740. The van der Waals surface area contributed by atoms with Crippen molar-refractivity contribution in [2.75, 3.05) is 5.43 Å². The van der Waals surface area contributed by atoms with Gasteiger partial charge in [0.1, 0.15) is 0 Å². The molecule has 1 aromatic carbocycles. The van der Waals surface area contributed by atoms with Crippen molar-refractivity contribution in [3.63, 3.8) is 0 Å². The zero-order chi connectivity index (χ0) is 12.3. The number of hydrogen-bond acceptors (Lipinski definition) is 3. The number of thiophene rings is 1. The van der Waals surface area contributed by atoms with Gasteiger partial charge in [-0.05, 0) is 23.6 Å². The van der Waals surface area contributed by atoms with Crippen molar-refractivity contribution in [2.45, 2.75) is 0 Å². The summed E-state index contributed by atoms with van der Waals surface area (Å²) in [4.78, 5) is 1.04. The Morgan fingerprint density at radius 1 is 1.18 bits per heavy atom. The molecular formula is C11H7Cl3N2S. The van der Waals surface area contributed by atoms with Gasteiger partial charge in [-0.3, -0.25) is 5.43 Å². The lowest BCUT2D eigenvalue weighted by Gasteiger charge is -2.06. The molecule has 6 heteroatoms. The summed E-state index contributed by atoms with van der Waals surface area (Å²) in [6, 6.07) is 7.13. The molecule has 88 valence electrons. The summed E-state index contributed by atoms with van der Waals surface area (Å²) in [5, 5.41) is 7.40. The Bertz CT molecular complexity index is 515. The van der Waals surface area contributed by atoms with Crippen LogP contribution in [0.3, 0.4) is 0 Å². The van der Waals surface area contributed by atoms with Gasteiger partial charge in [0.05, 0.1) is 21.9 Å². The van der Waals surface area contributed by atoms with Gasteiger partial charge in [0.15, 0.2) is 0 Å². The fourth-order valence-corrected chi connectivity index (χ4v) is 2.66. The Kier molecular flexibility index (Phi) is 4.29. The normalized spacial score (nSPS) is 11.0. The summed E-state index contributed by atoms with van der Waals surface area (Å²) in [5.74, 6) is 0. The van der Waals surface area contributed by atoms with Crippen molar-refractivity contribution in [3.05, 3.63) is 49.6 Å². The number of nitrogens with one attached hydrogen (secondary N) is 1. The van der Waals surface area contributed by atoms with Crippen LogP contribution in [-0.4, -0.2) is 6.21 Å². The Morgan fingerprint density at radius 2 is 1.88 bits per heavy atom. The first-order valence-corrected chi connectivity index (χ1v) is 6.65. The third-order valence-electron chi connectivity index (χ3n) is 1.92. The van der Waals surface area contributed by atoms with E-state index in [1.54, 1.807) is 29.7 Å². The number of rotatable bonds is 3. The van der Waals surface area contributed by atoms with E-state index in [2.05, 4.69) is 10.5 Å². The number of halogens is 3. The maximum Gasteiger partial charge on any atom is 0.0935 e. The lowest BCUT2D eigenvalue weighted by molar-refractivity contribution is 1.35. The van der Waals surface area contributed by atoms with Crippen LogP contribution in [0.1, 0.15) is 4.88 Å². The third-order valence-corrected chi connectivity index (χ3v) is 3.54. The molecule has 2 nitrogen and oxygen atoms in total. The number of benzene rings is 1. The van der Waals surface area contributed by atoms with Crippen LogP contribution >= 0.6 is 46.1 Å². The standard InChI is InChI=1S/C11H7Cl3N2S/c12-7-4-9(13)11(10(14)5-7)16-15-6-8-2-1-3-17-8/h1-6,16H. The van der Waals surface area contributed by atoms with E-state index in [0.29, 0.717) is 20.8 Å². The van der Waals surface area contributed by atoms with E-state index in [-0.39, 0.29) is 0 Å². The minimum Gasteiger partial charge on any atom is -0.275 e. The largest absolute Gasteiger partial charge is 0.275 e. The molecule has 1 heterocycles. The highest BCUT2D eigenvalue weighted by Gasteiger charge is 2.06. The van der Waals surface area contributed by atoms with E-state index < -0.39 is 0 Å². The van der Waals surface area contributed by atoms with Gasteiger partial charge in [-0.1, -0.05) is 40.9 Å². The number of hydrogen-bond donors (Lipinski definition) is 1. The average molecular weight is 306 g/mol. The molecule has 0 saturated heterocycles. The SMILES string of the molecule is Clc1cc(Cl)c(NN=Cc2cccs2)c(Cl)c1. The van der Waals surface area contributed by atoms with Crippen LogP contribution in [0.15, 0.2) is 34.7 Å². The van der Waals surface area contributed by atoms with E-state index in [1.807, 2.05) is 17.5 Å². The van der Waals surface area contributed by atoms with E-state index in [4.69, 9.17) is 34.8 Å². The zero-order valence-electron chi connectivity index (χ0n) is 8.45. The molecule has 1 aromatic heterocycles. The molecule has 0 fully saturated rings. The smallest absolute Gasteiger partial charge is 0.0935 e. The maximum absolute atomic E-state index is 5.99. The molecule has 1 N–H and O–H groups in total. The summed E-state index contributed by atoms with van der Waals surface area (Å²) in [6.45, 7) is 0. The van der Waals surface area contributed by atoms with E-state index in [0.717, 1.165) is 4.88 Å². The monoisotopic (exact) mass is 304 g/mol. The molecule has 0 spiro atoms. The van der Waals surface area contributed by atoms with E-state index in [1.165, 1.54) is 0 Å². The van der Waals surface area contributed by atoms with Crippen LogP contribution in [0.4, 0.5) is 5.69 Å². The van der Waals surface area contributed by atoms with Gasteiger partial charge in [-0.2, -0.15) is 5.10 Å². The first-order valence-electron chi connectivity index (χ1n) is 4.64. The molecule has 17 heavy (non-hydrogen) atoms.